The fourth-order valence-corrected chi connectivity index (χ4v) is 5.10. The average molecular weight is 509 g/mol. The number of ether oxygens (including phenoxy) is 2. The largest absolute Gasteiger partial charge is 0.497 e. The molecule has 0 saturated carbocycles. The van der Waals surface area contributed by atoms with Crippen LogP contribution in [0, 0.1) is 0 Å². The first-order chi connectivity index (χ1) is 17.0. The number of thioether (sulfide) groups is 1. The molecule has 1 N–H and O–H groups in total. The number of amides is 1. The molecule has 1 amide bonds. The minimum Gasteiger partial charge on any atom is -0.497 e. The molecule has 35 heavy (non-hydrogen) atoms. The highest BCUT2D eigenvalue weighted by atomic mass is 32.2. The molecule has 0 bridgehead atoms. The summed E-state index contributed by atoms with van der Waals surface area (Å²) in [6.45, 7) is 2.00. The molecule has 10 heteroatoms. The molecule has 0 radical (unpaired) electrons. The van der Waals surface area contributed by atoms with Gasteiger partial charge in [-0.1, -0.05) is 42.1 Å². The molecule has 0 unspecified atom stereocenters. The van der Waals surface area contributed by atoms with Crippen LogP contribution in [0.3, 0.4) is 0 Å². The Morgan fingerprint density at radius 1 is 1.06 bits per heavy atom. The molecule has 0 spiro atoms. The van der Waals surface area contributed by atoms with Crippen molar-refractivity contribution in [2.24, 2.45) is 7.05 Å². The maximum absolute atomic E-state index is 12.8. The van der Waals surface area contributed by atoms with E-state index < -0.39 is 5.97 Å². The zero-order valence-electron chi connectivity index (χ0n) is 19.5. The minimum atomic E-state index is -0.465. The minimum absolute atomic E-state index is 0.107. The van der Waals surface area contributed by atoms with Gasteiger partial charge in [-0.05, 0) is 36.8 Å². The molecule has 4 aromatic rings. The van der Waals surface area contributed by atoms with Gasteiger partial charge >= 0.3 is 5.97 Å². The molecule has 8 nitrogen and oxygen atoms in total. The van der Waals surface area contributed by atoms with E-state index in [9.17, 15) is 9.59 Å². The Bertz CT molecular complexity index is 1320. The number of carbonyl (C=O) groups excluding carboxylic acids is 2. The number of nitrogens with one attached hydrogen (secondary N) is 1. The van der Waals surface area contributed by atoms with Gasteiger partial charge in [-0.3, -0.25) is 4.79 Å². The van der Waals surface area contributed by atoms with Gasteiger partial charge in [-0.15, -0.1) is 21.5 Å². The van der Waals surface area contributed by atoms with Crippen molar-refractivity contribution in [2.75, 3.05) is 24.8 Å². The molecule has 4 rings (SSSR count). The van der Waals surface area contributed by atoms with Gasteiger partial charge in [0.1, 0.15) is 16.3 Å². The number of methoxy groups -OCH3 is 1. The zero-order chi connectivity index (χ0) is 24.8. The van der Waals surface area contributed by atoms with Gasteiger partial charge in [0, 0.05) is 23.6 Å². The summed E-state index contributed by atoms with van der Waals surface area (Å²) >= 11 is 2.56. The number of carbonyl (C=O) groups is 2. The first-order valence-electron chi connectivity index (χ1n) is 10.8. The summed E-state index contributed by atoms with van der Waals surface area (Å²) in [6.07, 6.45) is 0. The Labute approximate surface area is 211 Å². The summed E-state index contributed by atoms with van der Waals surface area (Å²) in [6, 6.07) is 17.1. The molecular formula is C25H24N4O4S2. The maximum atomic E-state index is 12.8. The van der Waals surface area contributed by atoms with E-state index in [1.54, 1.807) is 14.0 Å². The number of nitrogens with zero attached hydrogens (tertiary/aromatic N) is 3. The summed E-state index contributed by atoms with van der Waals surface area (Å²) in [4.78, 5) is 25.5. The molecule has 0 fully saturated rings. The lowest BCUT2D eigenvalue weighted by molar-refractivity contribution is -0.113. The summed E-state index contributed by atoms with van der Waals surface area (Å²) in [7, 11) is 3.47. The quantitative estimate of drug-likeness (QED) is 0.247. The van der Waals surface area contributed by atoms with E-state index in [0.717, 1.165) is 22.4 Å². The van der Waals surface area contributed by atoms with Crippen LogP contribution in [0.5, 0.6) is 5.75 Å². The van der Waals surface area contributed by atoms with E-state index in [1.807, 2.05) is 71.6 Å². The van der Waals surface area contributed by atoms with E-state index in [2.05, 4.69) is 15.5 Å². The van der Waals surface area contributed by atoms with Crippen LogP contribution >= 0.6 is 23.1 Å². The van der Waals surface area contributed by atoms with Crippen LogP contribution in [0.4, 0.5) is 5.00 Å². The highest BCUT2D eigenvalue weighted by Crippen LogP contribution is 2.36. The molecule has 2 aromatic carbocycles. The topological polar surface area (TPSA) is 95.3 Å². The molecule has 0 atom stereocenters. The van der Waals surface area contributed by atoms with Gasteiger partial charge in [-0.2, -0.15) is 0 Å². The van der Waals surface area contributed by atoms with Crippen molar-refractivity contribution in [1.82, 2.24) is 14.8 Å². The van der Waals surface area contributed by atoms with Gasteiger partial charge in [0.15, 0.2) is 11.0 Å². The highest BCUT2D eigenvalue weighted by molar-refractivity contribution is 7.99. The van der Waals surface area contributed by atoms with Crippen molar-refractivity contribution in [1.29, 1.82) is 0 Å². The third-order valence-corrected chi connectivity index (χ3v) is 7.04. The summed E-state index contributed by atoms with van der Waals surface area (Å²) in [5, 5.41) is 14.3. The van der Waals surface area contributed by atoms with E-state index in [-0.39, 0.29) is 18.3 Å². The monoisotopic (exact) mass is 508 g/mol. The number of hydrogen-bond acceptors (Lipinski definition) is 8. The van der Waals surface area contributed by atoms with Crippen LogP contribution in [0.1, 0.15) is 17.3 Å². The van der Waals surface area contributed by atoms with E-state index >= 15 is 0 Å². The van der Waals surface area contributed by atoms with E-state index in [1.165, 1.54) is 23.1 Å². The Hall–Kier alpha value is -3.63. The van der Waals surface area contributed by atoms with Crippen molar-refractivity contribution in [3.05, 3.63) is 65.5 Å². The van der Waals surface area contributed by atoms with Crippen molar-refractivity contribution >= 4 is 40.0 Å². The SMILES string of the molecule is CCOC(=O)c1c(-c2ccccc2)csc1NC(=O)CSc1nnc(-c2ccc(OC)cc2)n1C. The van der Waals surface area contributed by atoms with Crippen molar-refractivity contribution in [3.8, 4) is 28.3 Å². The summed E-state index contributed by atoms with van der Waals surface area (Å²) in [5.74, 6) is 0.832. The fraction of sp³-hybridized carbons (Fsp3) is 0.200. The van der Waals surface area contributed by atoms with Crippen molar-refractivity contribution in [2.45, 2.75) is 12.1 Å². The molecular weight excluding hydrogens is 484 g/mol. The maximum Gasteiger partial charge on any atom is 0.341 e. The second-order valence-corrected chi connectivity index (χ2v) is 9.19. The molecule has 0 aliphatic heterocycles. The summed E-state index contributed by atoms with van der Waals surface area (Å²) < 4.78 is 12.3. The molecule has 180 valence electrons. The molecule has 0 aliphatic carbocycles. The van der Waals surface area contributed by atoms with Gasteiger partial charge in [0.05, 0.1) is 19.5 Å². The molecule has 0 aliphatic rings. The lowest BCUT2D eigenvalue weighted by Gasteiger charge is -2.09. The smallest absolute Gasteiger partial charge is 0.341 e. The zero-order valence-corrected chi connectivity index (χ0v) is 21.1. The van der Waals surface area contributed by atoms with Gasteiger partial charge in [0.2, 0.25) is 5.91 Å². The third kappa shape index (κ3) is 5.55. The van der Waals surface area contributed by atoms with Gasteiger partial charge < -0.3 is 19.4 Å². The fourth-order valence-electron chi connectivity index (χ4n) is 3.41. The highest BCUT2D eigenvalue weighted by Gasteiger charge is 2.23. The number of thiophene rings is 1. The van der Waals surface area contributed by atoms with Gasteiger partial charge in [-0.25, -0.2) is 4.79 Å². The first kappa shape index (κ1) is 24.5. The van der Waals surface area contributed by atoms with Crippen molar-refractivity contribution in [3.63, 3.8) is 0 Å². The van der Waals surface area contributed by atoms with E-state index in [0.29, 0.717) is 21.5 Å². The number of rotatable bonds is 9. The second-order valence-electron chi connectivity index (χ2n) is 7.37. The Balaban J connectivity index is 1.47. The standard InChI is InChI=1S/C25H24N4O4S2/c1-4-33-24(31)21-19(16-8-6-5-7-9-16)14-34-23(21)26-20(30)15-35-25-28-27-22(29(25)2)17-10-12-18(32-3)13-11-17/h5-14H,4,15H2,1-3H3,(H,26,30). The Morgan fingerprint density at radius 3 is 2.49 bits per heavy atom. The number of anilines is 1. The lowest BCUT2D eigenvalue weighted by Crippen LogP contribution is -2.16. The molecule has 2 heterocycles. The number of esters is 1. The van der Waals surface area contributed by atoms with E-state index in [4.69, 9.17) is 9.47 Å². The van der Waals surface area contributed by atoms with Crippen LogP contribution in [0.2, 0.25) is 0 Å². The average Bonchev–Trinajstić information content (AvgIpc) is 3.46. The predicted molar refractivity (Wildman–Crippen MR) is 138 cm³/mol. The Morgan fingerprint density at radius 2 is 1.80 bits per heavy atom. The van der Waals surface area contributed by atoms with Crippen LogP contribution in [-0.2, 0) is 16.6 Å². The molecule has 2 aromatic heterocycles. The van der Waals surface area contributed by atoms with Crippen LogP contribution in [0.15, 0.2) is 65.1 Å². The predicted octanol–water partition coefficient (Wildman–Crippen LogP) is 5.13. The Kier molecular flexibility index (Phi) is 7.84. The summed E-state index contributed by atoms with van der Waals surface area (Å²) in [5.41, 5.74) is 2.87. The van der Waals surface area contributed by atoms with Crippen LogP contribution in [-0.4, -0.2) is 46.1 Å². The number of hydrogen-bond donors (Lipinski definition) is 1. The molecule has 0 saturated heterocycles. The normalized spacial score (nSPS) is 10.7. The number of benzene rings is 2. The third-order valence-electron chi connectivity index (χ3n) is 5.12. The first-order valence-corrected chi connectivity index (χ1v) is 12.7. The van der Waals surface area contributed by atoms with Crippen LogP contribution < -0.4 is 10.1 Å². The number of aromatic nitrogens is 3. The van der Waals surface area contributed by atoms with Gasteiger partial charge in [0.25, 0.3) is 0 Å². The lowest BCUT2D eigenvalue weighted by atomic mass is 10.0. The van der Waals surface area contributed by atoms with Crippen LogP contribution in [0.25, 0.3) is 22.5 Å². The van der Waals surface area contributed by atoms with Crippen molar-refractivity contribution < 1.29 is 19.1 Å². The second kappa shape index (κ2) is 11.2.